The van der Waals surface area contributed by atoms with Gasteiger partial charge in [-0.15, -0.1) is 24.0 Å². The van der Waals surface area contributed by atoms with Crippen LogP contribution >= 0.6 is 61.2 Å². The third-order valence-corrected chi connectivity index (χ3v) is 1.73. The molecule has 98 valence electrons. The number of halogens is 3. The molecule has 1 heterocycles. The summed E-state index contributed by atoms with van der Waals surface area (Å²) in [7, 11) is 1.00. The van der Waals surface area contributed by atoms with Crippen LogP contribution in [0.1, 0.15) is 46.5 Å². The Morgan fingerprint density at radius 2 is 1.67 bits per heavy atom. The molecule has 0 bridgehead atoms. The van der Waals surface area contributed by atoms with E-state index in [2.05, 4.69) is 44.2 Å². The lowest BCUT2D eigenvalue weighted by molar-refractivity contribution is 0.0143. The highest BCUT2D eigenvalue weighted by atomic mass is 128. The number of hydrogen-bond donors (Lipinski definition) is 1. The monoisotopic (exact) mass is 558 g/mol. The average Bonchev–Trinajstić information content (AvgIpc) is 2.37. The lowest BCUT2D eigenvalue weighted by Crippen LogP contribution is -2.17. The molecule has 1 rings (SSSR count). The molecule has 0 aromatic carbocycles. The Morgan fingerprint density at radius 1 is 1.20 bits per heavy atom. The number of hydrogen-bond acceptors (Lipinski definition) is 2. The zero-order valence-corrected chi connectivity index (χ0v) is 16.8. The zero-order valence-electron chi connectivity index (χ0n) is 10.1. The van der Waals surface area contributed by atoms with Crippen molar-refractivity contribution in [1.82, 2.24) is 0 Å². The van der Waals surface area contributed by atoms with Crippen molar-refractivity contribution in [3.05, 3.63) is 0 Å². The normalized spacial score (nSPS) is 17.4. The molecule has 1 atom stereocenters. The maximum atomic E-state index is 7.00. The van der Waals surface area contributed by atoms with Crippen molar-refractivity contribution >= 4 is 61.2 Å². The molecule has 15 heavy (non-hydrogen) atoms. The molecule has 1 unspecified atom stereocenters. The van der Waals surface area contributed by atoms with E-state index in [0.29, 0.717) is 6.10 Å². The van der Waals surface area contributed by atoms with Crippen molar-refractivity contribution in [3.8, 4) is 0 Å². The van der Waals surface area contributed by atoms with Crippen LogP contribution in [0.15, 0.2) is 0 Å². The van der Waals surface area contributed by atoms with Gasteiger partial charge in [0.2, 0.25) is 0 Å². The van der Waals surface area contributed by atoms with Gasteiger partial charge in [-0.05, 0) is 25.7 Å². The van der Waals surface area contributed by atoms with Gasteiger partial charge in [0.1, 0.15) is 0 Å². The maximum Gasteiger partial charge on any atom is 0.0572 e. The van der Waals surface area contributed by atoms with Crippen LogP contribution in [0.25, 0.3) is 0 Å². The van der Waals surface area contributed by atoms with Gasteiger partial charge in [0.15, 0.2) is 0 Å². The predicted octanol–water partition coefficient (Wildman–Crippen LogP) is 4.99. The Bertz CT molecular complexity index is 69.7. The Hall–Kier alpha value is 2.11. The number of ether oxygens (including phenoxy) is 1. The number of aliphatic hydroxyl groups is 1. The van der Waals surface area contributed by atoms with Crippen LogP contribution in [0, 0.1) is 0 Å². The highest BCUT2D eigenvalue weighted by molar-refractivity contribution is 15.0. The summed E-state index contributed by atoms with van der Waals surface area (Å²) in [6, 6.07) is 0. The minimum Gasteiger partial charge on any atom is -0.400 e. The van der Waals surface area contributed by atoms with E-state index in [1.807, 2.05) is 13.8 Å². The minimum absolute atomic E-state index is 0. The zero-order chi connectivity index (χ0) is 11.8. The van der Waals surface area contributed by atoms with E-state index in [-0.39, 0.29) is 24.0 Å². The molecule has 1 fully saturated rings. The number of aliphatic hydroxyl groups excluding tert-OH is 1. The van der Waals surface area contributed by atoms with E-state index in [9.17, 15) is 0 Å². The molecule has 2 nitrogen and oxygen atoms in total. The molecule has 0 aromatic rings. The molecular weight excluding hydrogens is 533 g/mol. The second kappa shape index (κ2) is 29.8. The quantitative estimate of drug-likeness (QED) is 0.461. The van der Waals surface area contributed by atoms with E-state index in [1.54, 1.807) is 0 Å². The predicted molar refractivity (Wildman–Crippen MR) is 96.8 cm³/mol. The molecule has 0 saturated carbocycles. The fourth-order valence-electron chi connectivity index (χ4n) is 1.13. The van der Waals surface area contributed by atoms with Gasteiger partial charge in [0.05, 0.1) is 6.10 Å². The van der Waals surface area contributed by atoms with E-state index in [4.69, 9.17) is 9.84 Å². The van der Waals surface area contributed by atoms with Gasteiger partial charge >= 0.3 is 0 Å². The average molecular weight is 558 g/mol. The van der Waals surface area contributed by atoms with Crippen LogP contribution in [0.2, 0.25) is 0 Å². The van der Waals surface area contributed by atoms with Crippen molar-refractivity contribution in [3.63, 3.8) is 0 Å². The molecule has 1 saturated heterocycles. The van der Waals surface area contributed by atoms with Gasteiger partial charge in [-0.1, -0.05) is 20.8 Å². The van der Waals surface area contributed by atoms with Gasteiger partial charge < -0.3 is 9.84 Å². The third kappa shape index (κ3) is 21.9. The Morgan fingerprint density at radius 3 is 1.87 bits per heavy atom. The molecule has 1 N–H and O–H groups in total. The molecule has 0 aliphatic carbocycles. The van der Waals surface area contributed by atoms with Crippen molar-refractivity contribution in [2.24, 2.45) is 0 Å². The maximum absolute atomic E-state index is 7.00. The molecule has 5 heteroatoms. The lowest BCUT2D eigenvalue weighted by Gasteiger charge is -2.20. The lowest BCUT2D eigenvalue weighted by atomic mass is 10.1. The van der Waals surface area contributed by atoms with Gasteiger partial charge in [-0.2, -0.15) is 0 Å². The van der Waals surface area contributed by atoms with E-state index in [0.717, 1.165) is 13.7 Å². The Labute approximate surface area is 136 Å². The molecule has 1 aliphatic rings. The Balaban J connectivity index is -0.0000000755. The summed E-state index contributed by atoms with van der Waals surface area (Å²) in [5.41, 5.74) is 0. The van der Waals surface area contributed by atoms with Gasteiger partial charge in [0, 0.05) is 50.9 Å². The van der Waals surface area contributed by atoms with Crippen LogP contribution in [0.5, 0.6) is 0 Å². The van der Waals surface area contributed by atoms with Crippen LogP contribution in [0.4, 0.5) is 0 Å². The van der Waals surface area contributed by atoms with E-state index >= 15 is 0 Å². The van der Waals surface area contributed by atoms with Crippen molar-refractivity contribution in [2.45, 2.75) is 52.6 Å². The number of rotatable bonds is 1. The van der Waals surface area contributed by atoms with Crippen LogP contribution in [-0.4, -0.2) is 24.9 Å². The summed E-state index contributed by atoms with van der Waals surface area (Å²) in [6.07, 6.45) is 5.72. The standard InChI is InChI=1S/C7H14O.C2H6.CH4O.I2.HI/c1-2-7-5-3-4-6-8-7;3*1-2;/h7H,2-6H2,1H3;1-2H3;2H,1H3;;1H. The summed E-state index contributed by atoms with van der Waals surface area (Å²) in [6.45, 7) is 7.19. The molecular formula is C10H25I3O2. The van der Waals surface area contributed by atoms with Crippen molar-refractivity contribution in [2.75, 3.05) is 13.7 Å². The van der Waals surface area contributed by atoms with Crippen LogP contribution < -0.4 is 0 Å². The smallest absolute Gasteiger partial charge is 0.0572 e. The summed E-state index contributed by atoms with van der Waals surface area (Å²) in [4.78, 5) is 0. The first-order chi connectivity index (χ1) is 6.93. The first-order valence-electron chi connectivity index (χ1n) is 5.14. The molecule has 1 aliphatic heterocycles. The first kappa shape index (κ1) is 25.8. The largest absolute Gasteiger partial charge is 0.400 e. The van der Waals surface area contributed by atoms with Gasteiger partial charge in [-0.25, -0.2) is 0 Å². The first-order valence-corrected chi connectivity index (χ1v) is 11.4. The second-order valence-electron chi connectivity index (χ2n) is 2.40. The van der Waals surface area contributed by atoms with Crippen molar-refractivity contribution in [1.29, 1.82) is 0 Å². The summed E-state index contributed by atoms with van der Waals surface area (Å²) in [5, 5.41) is 7.00. The molecule has 0 amide bonds. The topological polar surface area (TPSA) is 29.5 Å². The van der Waals surface area contributed by atoms with Gasteiger partial charge in [0.25, 0.3) is 0 Å². The Kier molecular flexibility index (Phi) is 51.3. The highest BCUT2D eigenvalue weighted by Crippen LogP contribution is 2.14. The summed E-state index contributed by atoms with van der Waals surface area (Å²) in [5.74, 6) is 0. The highest BCUT2D eigenvalue weighted by Gasteiger charge is 2.09. The molecule has 0 spiro atoms. The summed E-state index contributed by atoms with van der Waals surface area (Å²) >= 11 is 4.24. The van der Waals surface area contributed by atoms with E-state index < -0.39 is 0 Å². The fraction of sp³-hybridized carbons (Fsp3) is 1.00. The third-order valence-electron chi connectivity index (χ3n) is 1.73. The van der Waals surface area contributed by atoms with Crippen molar-refractivity contribution < 1.29 is 9.84 Å². The summed E-state index contributed by atoms with van der Waals surface area (Å²) < 4.78 is 5.43. The van der Waals surface area contributed by atoms with Gasteiger partial charge in [-0.3, -0.25) is 0 Å². The SMILES string of the molecule is CC.CCC1CCCCO1.CO.I.II. The second-order valence-corrected chi connectivity index (χ2v) is 2.40. The molecule has 0 radical (unpaired) electrons. The minimum atomic E-state index is 0. The van der Waals surface area contributed by atoms with E-state index in [1.165, 1.54) is 25.7 Å². The fourth-order valence-corrected chi connectivity index (χ4v) is 1.13. The van der Waals surface area contributed by atoms with Crippen LogP contribution in [0.3, 0.4) is 0 Å². The molecule has 0 aromatic heterocycles. The van der Waals surface area contributed by atoms with Crippen LogP contribution in [-0.2, 0) is 4.74 Å².